The maximum absolute atomic E-state index is 4.29. The van der Waals surface area contributed by atoms with Gasteiger partial charge in [-0.15, -0.1) is 0 Å². The Bertz CT molecular complexity index is 1200. The van der Waals surface area contributed by atoms with E-state index in [2.05, 4.69) is 149 Å². The standard InChI is InChI=1S/C35H41N/c1-8-10-12-15-28(3)34(4,5)26-27-35(6,7)30-20-24-33(25-21-30)36(31-16-13-11-14-17-31)32-22-18-29(9-2)19-23-32/h8,10-27H,3,9H2,1-2,4-7H3/b10-8-,15-12-,27-26+. The van der Waals surface area contributed by atoms with Crippen LogP contribution in [0.2, 0.25) is 0 Å². The summed E-state index contributed by atoms with van der Waals surface area (Å²) in [5, 5.41) is 0. The normalized spacial score (nSPS) is 12.6. The molecule has 0 saturated heterocycles. The number of rotatable bonds is 10. The minimum absolute atomic E-state index is 0.108. The molecule has 0 amide bonds. The van der Waals surface area contributed by atoms with Crippen molar-refractivity contribution in [2.75, 3.05) is 4.90 Å². The van der Waals surface area contributed by atoms with E-state index in [1.54, 1.807) is 0 Å². The van der Waals surface area contributed by atoms with Crippen molar-refractivity contribution in [3.05, 3.63) is 139 Å². The molecule has 0 atom stereocenters. The van der Waals surface area contributed by atoms with Crippen LogP contribution in [0.25, 0.3) is 0 Å². The summed E-state index contributed by atoms with van der Waals surface area (Å²) in [5.74, 6) is 0. The highest BCUT2D eigenvalue weighted by Gasteiger charge is 2.22. The molecule has 36 heavy (non-hydrogen) atoms. The van der Waals surface area contributed by atoms with E-state index < -0.39 is 0 Å². The molecule has 0 aliphatic carbocycles. The van der Waals surface area contributed by atoms with Gasteiger partial charge in [0.25, 0.3) is 0 Å². The van der Waals surface area contributed by atoms with Gasteiger partial charge in [-0.3, -0.25) is 0 Å². The summed E-state index contributed by atoms with van der Waals surface area (Å²) in [7, 11) is 0. The third-order valence-electron chi connectivity index (χ3n) is 6.83. The summed E-state index contributed by atoms with van der Waals surface area (Å²) < 4.78 is 0. The Balaban J connectivity index is 1.89. The molecule has 3 rings (SSSR count). The summed E-state index contributed by atoms with van der Waals surface area (Å²) in [5.41, 5.74) is 6.96. The molecule has 0 N–H and O–H groups in total. The van der Waals surface area contributed by atoms with Gasteiger partial charge < -0.3 is 4.90 Å². The van der Waals surface area contributed by atoms with E-state index in [1.807, 2.05) is 19.1 Å². The highest BCUT2D eigenvalue weighted by molar-refractivity contribution is 5.76. The molecule has 3 aromatic carbocycles. The molecule has 186 valence electrons. The predicted octanol–water partition coefficient (Wildman–Crippen LogP) is 10.3. The molecule has 3 aromatic rings. The van der Waals surface area contributed by atoms with Gasteiger partial charge in [0.2, 0.25) is 0 Å². The van der Waals surface area contributed by atoms with Gasteiger partial charge in [-0.05, 0) is 66.4 Å². The number of para-hydroxylation sites is 1. The molecule has 0 aromatic heterocycles. The highest BCUT2D eigenvalue weighted by atomic mass is 15.1. The second-order valence-corrected chi connectivity index (χ2v) is 10.4. The quantitative estimate of drug-likeness (QED) is 0.208. The van der Waals surface area contributed by atoms with Crippen molar-refractivity contribution in [2.24, 2.45) is 5.41 Å². The molecule has 0 radical (unpaired) electrons. The van der Waals surface area contributed by atoms with Gasteiger partial charge in [-0.25, -0.2) is 0 Å². The zero-order chi connectivity index (χ0) is 26.2. The molecule has 0 unspecified atom stereocenters. The molecule has 0 bridgehead atoms. The smallest absolute Gasteiger partial charge is 0.0461 e. The van der Waals surface area contributed by atoms with Crippen molar-refractivity contribution in [3.8, 4) is 0 Å². The van der Waals surface area contributed by atoms with E-state index in [1.165, 1.54) is 11.1 Å². The van der Waals surface area contributed by atoms with Gasteiger partial charge in [0.05, 0.1) is 0 Å². The molecule has 0 aliphatic heterocycles. The average Bonchev–Trinajstić information content (AvgIpc) is 2.89. The Labute approximate surface area is 219 Å². The Morgan fingerprint density at radius 1 is 0.750 bits per heavy atom. The fourth-order valence-corrected chi connectivity index (χ4v) is 4.06. The second kappa shape index (κ2) is 11.9. The fraction of sp³-hybridized carbons (Fsp3) is 0.257. The van der Waals surface area contributed by atoms with Crippen LogP contribution in [0.15, 0.2) is 127 Å². The lowest BCUT2D eigenvalue weighted by atomic mass is 9.78. The Morgan fingerprint density at radius 2 is 1.31 bits per heavy atom. The average molecular weight is 476 g/mol. The van der Waals surface area contributed by atoms with Gasteiger partial charge >= 0.3 is 0 Å². The van der Waals surface area contributed by atoms with Crippen LogP contribution in [0.5, 0.6) is 0 Å². The zero-order valence-corrected chi connectivity index (χ0v) is 22.8. The number of hydrogen-bond acceptors (Lipinski definition) is 1. The SMILES string of the molecule is C=C(/C=C\C=C/C)C(C)(C)/C=C/C(C)(C)c1ccc(N(c2ccccc2)c2ccc(CC)cc2)cc1. The van der Waals surface area contributed by atoms with Gasteiger partial charge in [0.1, 0.15) is 0 Å². The number of aryl methyl sites for hydroxylation is 1. The van der Waals surface area contributed by atoms with Crippen LogP contribution in [-0.4, -0.2) is 0 Å². The Hall–Kier alpha value is -3.58. The number of hydrogen-bond donors (Lipinski definition) is 0. The number of allylic oxidation sites excluding steroid dienone is 7. The van der Waals surface area contributed by atoms with E-state index in [0.29, 0.717) is 0 Å². The van der Waals surface area contributed by atoms with Crippen LogP contribution in [0, 0.1) is 5.41 Å². The van der Waals surface area contributed by atoms with Crippen molar-refractivity contribution in [1.29, 1.82) is 0 Å². The molecule has 0 heterocycles. The topological polar surface area (TPSA) is 3.24 Å². The number of nitrogens with zero attached hydrogens (tertiary/aromatic N) is 1. The number of benzene rings is 3. The van der Waals surface area contributed by atoms with Crippen LogP contribution in [-0.2, 0) is 11.8 Å². The summed E-state index contributed by atoms with van der Waals surface area (Å²) >= 11 is 0. The van der Waals surface area contributed by atoms with E-state index >= 15 is 0 Å². The largest absolute Gasteiger partial charge is 0.311 e. The van der Waals surface area contributed by atoms with E-state index in [0.717, 1.165) is 29.1 Å². The lowest BCUT2D eigenvalue weighted by Crippen LogP contribution is -2.17. The van der Waals surface area contributed by atoms with Crippen molar-refractivity contribution >= 4 is 17.1 Å². The monoisotopic (exact) mass is 475 g/mol. The minimum Gasteiger partial charge on any atom is -0.311 e. The maximum Gasteiger partial charge on any atom is 0.0461 e. The Kier molecular flexibility index (Phi) is 8.93. The zero-order valence-electron chi connectivity index (χ0n) is 22.8. The lowest BCUT2D eigenvalue weighted by Gasteiger charge is -2.28. The van der Waals surface area contributed by atoms with Crippen molar-refractivity contribution in [3.63, 3.8) is 0 Å². The highest BCUT2D eigenvalue weighted by Crippen LogP contribution is 2.37. The van der Waals surface area contributed by atoms with E-state index in [4.69, 9.17) is 0 Å². The fourth-order valence-electron chi connectivity index (χ4n) is 4.06. The van der Waals surface area contributed by atoms with Gasteiger partial charge in [0, 0.05) is 27.9 Å². The molecule has 1 heteroatoms. The first kappa shape index (κ1) is 27.0. The molecule has 0 saturated carbocycles. The molecule has 1 nitrogen and oxygen atoms in total. The van der Waals surface area contributed by atoms with Crippen molar-refractivity contribution in [2.45, 2.75) is 53.4 Å². The third kappa shape index (κ3) is 6.76. The molecular weight excluding hydrogens is 434 g/mol. The van der Waals surface area contributed by atoms with Crippen molar-refractivity contribution in [1.82, 2.24) is 0 Å². The van der Waals surface area contributed by atoms with Crippen LogP contribution in [0.3, 0.4) is 0 Å². The van der Waals surface area contributed by atoms with Crippen LogP contribution in [0.1, 0.15) is 52.7 Å². The van der Waals surface area contributed by atoms with Crippen LogP contribution < -0.4 is 4.90 Å². The summed E-state index contributed by atoms with van der Waals surface area (Å²) in [6.45, 7) is 17.5. The first-order valence-electron chi connectivity index (χ1n) is 12.9. The summed E-state index contributed by atoms with van der Waals surface area (Å²) in [4.78, 5) is 2.32. The Morgan fingerprint density at radius 3 is 1.86 bits per heavy atom. The van der Waals surface area contributed by atoms with Gasteiger partial charge in [-0.1, -0.05) is 120 Å². The summed E-state index contributed by atoms with van der Waals surface area (Å²) in [6, 6.07) is 28.4. The first-order valence-corrected chi connectivity index (χ1v) is 12.9. The van der Waals surface area contributed by atoms with Gasteiger partial charge in [-0.2, -0.15) is 0 Å². The minimum atomic E-state index is -0.121. The molecule has 0 aliphatic rings. The lowest BCUT2D eigenvalue weighted by molar-refractivity contribution is 0.577. The maximum atomic E-state index is 4.29. The van der Waals surface area contributed by atoms with Gasteiger partial charge in [0.15, 0.2) is 0 Å². The first-order chi connectivity index (χ1) is 17.2. The second-order valence-electron chi connectivity index (χ2n) is 10.4. The third-order valence-corrected chi connectivity index (χ3v) is 6.83. The van der Waals surface area contributed by atoms with Crippen molar-refractivity contribution < 1.29 is 0 Å². The predicted molar refractivity (Wildman–Crippen MR) is 160 cm³/mol. The number of anilines is 3. The van der Waals surface area contributed by atoms with E-state index in [9.17, 15) is 0 Å². The molecule has 0 fully saturated rings. The van der Waals surface area contributed by atoms with Crippen LogP contribution in [0.4, 0.5) is 17.1 Å². The van der Waals surface area contributed by atoms with E-state index in [-0.39, 0.29) is 10.8 Å². The molecular formula is C35H41N. The van der Waals surface area contributed by atoms with Crippen LogP contribution >= 0.6 is 0 Å². The molecule has 0 spiro atoms. The summed E-state index contributed by atoms with van der Waals surface area (Å²) in [6.07, 6.45) is 13.8.